The van der Waals surface area contributed by atoms with Crippen LogP contribution in [0.3, 0.4) is 0 Å². The van der Waals surface area contributed by atoms with Crippen molar-refractivity contribution in [2.24, 2.45) is 5.92 Å². The summed E-state index contributed by atoms with van der Waals surface area (Å²) in [5, 5.41) is 2.85. The number of fused-ring (bicyclic) bond motifs is 1. The predicted molar refractivity (Wildman–Crippen MR) is 137 cm³/mol. The van der Waals surface area contributed by atoms with Gasteiger partial charge in [-0.15, -0.1) is 0 Å². The Morgan fingerprint density at radius 2 is 1.97 bits per heavy atom. The van der Waals surface area contributed by atoms with Crippen molar-refractivity contribution >= 4 is 23.4 Å². The Labute approximate surface area is 212 Å². The van der Waals surface area contributed by atoms with E-state index in [1.807, 2.05) is 20.8 Å². The fraction of sp³-hybridized carbons (Fsp3) is 0.481. The van der Waals surface area contributed by atoms with Gasteiger partial charge in [0, 0.05) is 57.5 Å². The summed E-state index contributed by atoms with van der Waals surface area (Å²) >= 11 is 0. The topological polar surface area (TPSA) is 101 Å². The number of anilines is 1. The molecule has 1 N–H and O–H groups in total. The van der Waals surface area contributed by atoms with Crippen LogP contribution in [-0.4, -0.2) is 78.5 Å². The van der Waals surface area contributed by atoms with Crippen molar-refractivity contribution in [2.75, 3.05) is 39.2 Å². The van der Waals surface area contributed by atoms with Gasteiger partial charge in [-0.1, -0.05) is 19.9 Å². The van der Waals surface area contributed by atoms with E-state index in [0.717, 1.165) is 6.42 Å². The van der Waals surface area contributed by atoms with Crippen LogP contribution in [0.5, 0.6) is 5.75 Å². The van der Waals surface area contributed by atoms with Gasteiger partial charge in [0.05, 0.1) is 17.7 Å². The van der Waals surface area contributed by atoms with Crippen molar-refractivity contribution in [1.82, 2.24) is 14.8 Å². The molecule has 2 aromatic rings. The van der Waals surface area contributed by atoms with Crippen molar-refractivity contribution in [1.29, 1.82) is 0 Å². The lowest BCUT2D eigenvalue weighted by molar-refractivity contribution is -0.116. The number of carbonyl (C=O) groups is 3. The summed E-state index contributed by atoms with van der Waals surface area (Å²) in [4.78, 5) is 46.4. The molecule has 0 saturated carbocycles. The molecule has 9 nitrogen and oxygen atoms in total. The third-order valence-electron chi connectivity index (χ3n) is 6.35. The van der Waals surface area contributed by atoms with E-state index in [-0.39, 0.29) is 42.4 Å². The van der Waals surface area contributed by atoms with E-state index < -0.39 is 0 Å². The van der Waals surface area contributed by atoms with Crippen molar-refractivity contribution in [3.63, 3.8) is 0 Å². The lowest BCUT2D eigenvalue weighted by Gasteiger charge is -2.36. The van der Waals surface area contributed by atoms with Crippen LogP contribution in [0.15, 0.2) is 42.6 Å². The summed E-state index contributed by atoms with van der Waals surface area (Å²) in [6, 6.07) is 9.94. The Bertz CT molecular complexity index is 1060. The molecule has 1 aliphatic heterocycles. The minimum absolute atomic E-state index is 0.0598. The molecule has 0 aliphatic carbocycles. The average molecular weight is 497 g/mol. The molecule has 0 saturated heterocycles. The van der Waals surface area contributed by atoms with Gasteiger partial charge in [-0.3, -0.25) is 19.4 Å². The van der Waals surface area contributed by atoms with E-state index in [2.05, 4.69) is 10.3 Å². The van der Waals surface area contributed by atoms with Gasteiger partial charge in [0.1, 0.15) is 18.1 Å². The largest absolute Gasteiger partial charge is 0.491 e. The molecule has 0 fully saturated rings. The Kier molecular flexibility index (Phi) is 9.41. The van der Waals surface area contributed by atoms with Crippen LogP contribution in [0.1, 0.15) is 54.5 Å². The highest BCUT2D eigenvalue weighted by molar-refractivity contribution is 5.98. The molecule has 36 heavy (non-hydrogen) atoms. The highest BCUT2D eigenvalue weighted by Crippen LogP contribution is 2.27. The quantitative estimate of drug-likeness (QED) is 0.680. The zero-order valence-corrected chi connectivity index (χ0v) is 21.7. The lowest BCUT2D eigenvalue weighted by atomic mass is 10.0. The Morgan fingerprint density at radius 1 is 1.19 bits per heavy atom. The molecular formula is C27H36N4O5. The first kappa shape index (κ1) is 27.1. The summed E-state index contributed by atoms with van der Waals surface area (Å²) < 4.78 is 11.9. The fourth-order valence-corrected chi connectivity index (χ4v) is 4.22. The minimum Gasteiger partial charge on any atom is -0.491 e. The van der Waals surface area contributed by atoms with Crippen molar-refractivity contribution < 1.29 is 23.9 Å². The smallest absolute Gasteiger partial charge is 0.272 e. The summed E-state index contributed by atoms with van der Waals surface area (Å²) in [5.41, 5.74) is 1.28. The normalized spacial score (nSPS) is 21.0. The standard InChI is InChI=1S/C27H36N4O5/c1-6-9-25(32)29-20-11-12-21-23(14-20)36-17-19(3)31(27(34)22-10-7-8-13-28-22)15-18(2)24(35-5)16-30(4)26(21)33/h7-8,10-14,18-19,24H,6,9,15-17H2,1-5H3,(H,29,32)/t18-,19+,24-/m0/s1. The summed E-state index contributed by atoms with van der Waals surface area (Å²) in [6.07, 6.45) is 2.43. The van der Waals surface area contributed by atoms with Crippen LogP contribution in [0.25, 0.3) is 0 Å². The number of carbonyl (C=O) groups excluding carboxylic acids is 3. The molecule has 3 rings (SSSR count). The van der Waals surface area contributed by atoms with Crippen LogP contribution in [-0.2, 0) is 9.53 Å². The first-order valence-corrected chi connectivity index (χ1v) is 12.3. The highest BCUT2D eigenvalue weighted by atomic mass is 16.5. The third kappa shape index (κ3) is 6.60. The average Bonchev–Trinajstić information content (AvgIpc) is 2.88. The van der Waals surface area contributed by atoms with Crippen molar-refractivity contribution in [3.8, 4) is 5.75 Å². The maximum atomic E-state index is 13.4. The van der Waals surface area contributed by atoms with E-state index in [1.54, 1.807) is 66.6 Å². The molecule has 1 aromatic heterocycles. The first-order valence-electron chi connectivity index (χ1n) is 12.3. The number of hydrogen-bond acceptors (Lipinski definition) is 6. The summed E-state index contributed by atoms with van der Waals surface area (Å²) in [7, 11) is 3.33. The zero-order valence-electron chi connectivity index (χ0n) is 21.7. The second kappa shape index (κ2) is 12.5. The number of likely N-dealkylation sites (N-methyl/N-ethyl adjacent to an activating group) is 1. The van der Waals surface area contributed by atoms with Gasteiger partial charge in [0.2, 0.25) is 5.91 Å². The molecule has 194 valence electrons. The summed E-state index contributed by atoms with van der Waals surface area (Å²) in [6.45, 7) is 6.74. The molecule has 0 unspecified atom stereocenters. The molecule has 0 radical (unpaired) electrons. The van der Waals surface area contributed by atoms with E-state index >= 15 is 0 Å². The number of ether oxygens (including phenoxy) is 2. The van der Waals surface area contributed by atoms with E-state index in [1.165, 1.54) is 0 Å². The number of pyridine rings is 1. The molecule has 9 heteroatoms. The van der Waals surface area contributed by atoms with Crippen LogP contribution >= 0.6 is 0 Å². The summed E-state index contributed by atoms with van der Waals surface area (Å²) in [5.74, 6) is -0.223. The molecule has 2 heterocycles. The van der Waals surface area contributed by atoms with Gasteiger partial charge in [-0.25, -0.2) is 0 Å². The van der Waals surface area contributed by atoms with Crippen molar-refractivity contribution in [3.05, 3.63) is 53.9 Å². The monoisotopic (exact) mass is 496 g/mol. The van der Waals surface area contributed by atoms with Gasteiger partial charge in [-0.2, -0.15) is 0 Å². The number of nitrogens with zero attached hydrogens (tertiary/aromatic N) is 3. The number of methoxy groups -OCH3 is 1. The number of rotatable bonds is 5. The predicted octanol–water partition coefficient (Wildman–Crippen LogP) is 3.47. The number of amides is 3. The van der Waals surface area contributed by atoms with E-state index in [0.29, 0.717) is 42.2 Å². The number of nitrogens with one attached hydrogen (secondary N) is 1. The van der Waals surface area contributed by atoms with Crippen LogP contribution in [0.2, 0.25) is 0 Å². The molecule has 1 aliphatic rings. The number of hydrogen-bond donors (Lipinski definition) is 1. The highest BCUT2D eigenvalue weighted by Gasteiger charge is 2.31. The minimum atomic E-state index is -0.321. The van der Waals surface area contributed by atoms with Gasteiger partial charge in [0.25, 0.3) is 11.8 Å². The van der Waals surface area contributed by atoms with Crippen molar-refractivity contribution in [2.45, 2.75) is 45.8 Å². The zero-order chi connectivity index (χ0) is 26.2. The Balaban J connectivity index is 1.97. The molecule has 0 bridgehead atoms. The van der Waals surface area contributed by atoms with Gasteiger partial charge >= 0.3 is 0 Å². The molecule has 1 aromatic carbocycles. The van der Waals surface area contributed by atoms with Crippen LogP contribution < -0.4 is 10.1 Å². The number of benzene rings is 1. The number of aromatic nitrogens is 1. The SMILES string of the molecule is CCCC(=O)Nc1ccc2c(c1)OC[C@@H](C)N(C(=O)c1ccccn1)C[C@H](C)[C@@H](OC)CN(C)C2=O. The van der Waals surface area contributed by atoms with E-state index in [9.17, 15) is 14.4 Å². The lowest BCUT2D eigenvalue weighted by Crippen LogP contribution is -2.48. The maximum Gasteiger partial charge on any atom is 0.272 e. The second-order valence-corrected chi connectivity index (χ2v) is 9.28. The molecular weight excluding hydrogens is 460 g/mol. The Morgan fingerprint density at radius 3 is 2.64 bits per heavy atom. The Hall–Kier alpha value is -3.46. The van der Waals surface area contributed by atoms with Gasteiger partial charge in [0.15, 0.2) is 0 Å². The maximum absolute atomic E-state index is 13.4. The molecule has 0 spiro atoms. The van der Waals surface area contributed by atoms with Crippen LogP contribution in [0, 0.1) is 5.92 Å². The van der Waals surface area contributed by atoms with Gasteiger partial charge in [-0.05, 0) is 37.6 Å². The fourth-order valence-electron chi connectivity index (χ4n) is 4.22. The van der Waals surface area contributed by atoms with E-state index in [4.69, 9.17) is 9.47 Å². The first-order chi connectivity index (χ1) is 17.2. The molecule has 3 atom stereocenters. The molecule has 3 amide bonds. The van der Waals surface area contributed by atoms with Gasteiger partial charge < -0.3 is 24.6 Å². The van der Waals surface area contributed by atoms with Crippen LogP contribution in [0.4, 0.5) is 5.69 Å². The third-order valence-corrected chi connectivity index (χ3v) is 6.35. The second-order valence-electron chi connectivity index (χ2n) is 9.28.